The van der Waals surface area contributed by atoms with Gasteiger partial charge in [-0.2, -0.15) is 0 Å². The van der Waals surface area contributed by atoms with Crippen LogP contribution >= 0.6 is 0 Å². The van der Waals surface area contributed by atoms with Crippen molar-refractivity contribution in [3.05, 3.63) is 30.0 Å². The van der Waals surface area contributed by atoms with Crippen molar-refractivity contribution < 1.29 is 13.5 Å². The Labute approximate surface area is 105 Å². The van der Waals surface area contributed by atoms with Crippen LogP contribution in [-0.2, 0) is 0 Å². The van der Waals surface area contributed by atoms with Crippen LogP contribution in [0.5, 0.6) is 5.75 Å². The lowest BCUT2D eigenvalue weighted by atomic mass is 10.0. The molecule has 18 heavy (non-hydrogen) atoms. The monoisotopic (exact) mass is 249 g/mol. The molecule has 96 valence electrons. The SMILES string of the molecule is NC[C@H]1C[C@@H]1c1c(OCCF)ccc2occc12. The summed E-state index contributed by atoms with van der Waals surface area (Å²) < 4.78 is 23.2. The maximum Gasteiger partial charge on any atom is 0.134 e. The largest absolute Gasteiger partial charge is 0.491 e. The second-order valence-corrected chi connectivity index (χ2v) is 4.69. The summed E-state index contributed by atoms with van der Waals surface area (Å²) in [5.41, 5.74) is 7.68. The first-order chi connectivity index (χ1) is 8.85. The van der Waals surface area contributed by atoms with Crippen LogP contribution in [0, 0.1) is 5.92 Å². The predicted octanol–water partition coefficient (Wildman–Crippen LogP) is 2.84. The minimum atomic E-state index is -0.478. The van der Waals surface area contributed by atoms with Gasteiger partial charge in [-0.25, -0.2) is 4.39 Å². The standard InChI is InChI=1S/C14H16FNO2/c15-4-6-18-13-2-1-12-10(3-5-17-12)14(13)11-7-9(11)8-16/h1-3,5,9,11H,4,6-8,16H2/t9-,11+/m1/s1. The summed E-state index contributed by atoms with van der Waals surface area (Å²) in [6.45, 7) is 0.297. The molecule has 0 spiro atoms. The Kier molecular flexibility index (Phi) is 2.96. The maximum atomic E-state index is 12.3. The molecule has 0 radical (unpaired) electrons. The molecule has 1 aliphatic carbocycles. The van der Waals surface area contributed by atoms with Gasteiger partial charge >= 0.3 is 0 Å². The molecule has 2 aromatic rings. The van der Waals surface area contributed by atoms with Gasteiger partial charge in [-0.05, 0) is 43.0 Å². The zero-order chi connectivity index (χ0) is 12.5. The average molecular weight is 249 g/mol. The Morgan fingerprint density at radius 1 is 1.39 bits per heavy atom. The van der Waals surface area contributed by atoms with Gasteiger partial charge in [0.15, 0.2) is 0 Å². The van der Waals surface area contributed by atoms with Crippen molar-refractivity contribution in [1.82, 2.24) is 0 Å². The van der Waals surface area contributed by atoms with Crippen LogP contribution in [0.3, 0.4) is 0 Å². The van der Waals surface area contributed by atoms with E-state index < -0.39 is 6.67 Å². The molecule has 2 atom stereocenters. The molecule has 0 saturated heterocycles. The first-order valence-corrected chi connectivity index (χ1v) is 6.24. The van der Waals surface area contributed by atoms with Crippen molar-refractivity contribution in [2.24, 2.45) is 11.7 Å². The van der Waals surface area contributed by atoms with Crippen molar-refractivity contribution in [3.63, 3.8) is 0 Å². The van der Waals surface area contributed by atoms with Gasteiger partial charge in [0.25, 0.3) is 0 Å². The number of benzene rings is 1. The molecule has 3 rings (SSSR count). The molecule has 1 aromatic heterocycles. The van der Waals surface area contributed by atoms with E-state index in [0.717, 1.165) is 28.7 Å². The van der Waals surface area contributed by atoms with Crippen LogP contribution < -0.4 is 10.5 Å². The number of fused-ring (bicyclic) bond motifs is 1. The quantitative estimate of drug-likeness (QED) is 0.886. The number of nitrogens with two attached hydrogens (primary N) is 1. The van der Waals surface area contributed by atoms with Crippen LogP contribution in [-0.4, -0.2) is 19.8 Å². The van der Waals surface area contributed by atoms with Gasteiger partial charge in [-0.15, -0.1) is 0 Å². The Balaban J connectivity index is 2.02. The van der Waals surface area contributed by atoms with E-state index in [4.69, 9.17) is 14.9 Å². The minimum Gasteiger partial charge on any atom is -0.491 e. The molecule has 4 heteroatoms. The van der Waals surface area contributed by atoms with Crippen molar-refractivity contribution in [3.8, 4) is 5.75 Å². The average Bonchev–Trinajstić information content (AvgIpc) is 3.02. The van der Waals surface area contributed by atoms with Crippen molar-refractivity contribution >= 4 is 11.0 Å². The topological polar surface area (TPSA) is 48.4 Å². The van der Waals surface area contributed by atoms with E-state index in [1.807, 2.05) is 18.2 Å². The second-order valence-electron chi connectivity index (χ2n) is 4.69. The number of hydrogen-bond acceptors (Lipinski definition) is 3. The third kappa shape index (κ3) is 1.86. The highest BCUT2D eigenvalue weighted by molar-refractivity contribution is 5.84. The zero-order valence-electron chi connectivity index (χ0n) is 10.1. The molecule has 1 fully saturated rings. The molecule has 0 aliphatic heterocycles. The maximum absolute atomic E-state index is 12.3. The Hall–Kier alpha value is -1.55. The molecule has 0 amide bonds. The zero-order valence-corrected chi connectivity index (χ0v) is 10.1. The predicted molar refractivity (Wildman–Crippen MR) is 67.6 cm³/mol. The number of alkyl halides is 1. The van der Waals surface area contributed by atoms with E-state index in [0.29, 0.717) is 18.4 Å². The third-order valence-corrected chi connectivity index (χ3v) is 3.57. The van der Waals surface area contributed by atoms with Crippen molar-refractivity contribution in [2.45, 2.75) is 12.3 Å². The molecule has 1 saturated carbocycles. The highest BCUT2D eigenvalue weighted by Crippen LogP contribution is 2.52. The number of ether oxygens (including phenoxy) is 1. The van der Waals surface area contributed by atoms with E-state index in [-0.39, 0.29) is 6.61 Å². The fraction of sp³-hybridized carbons (Fsp3) is 0.429. The van der Waals surface area contributed by atoms with Crippen LogP contribution in [0.4, 0.5) is 4.39 Å². The van der Waals surface area contributed by atoms with E-state index >= 15 is 0 Å². The molecular weight excluding hydrogens is 233 g/mol. The van der Waals surface area contributed by atoms with Crippen LogP contribution in [0.1, 0.15) is 17.9 Å². The molecule has 0 bridgehead atoms. The van der Waals surface area contributed by atoms with E-state index in [2.05, 4.69) is 0 Å². The summed E-state index contributed by atoms with van der Waals surface area (Å²) in [5, 5.41) is 1.06. The van der Waals surface area contributed by atoms with Crippen molar-refractivity contribution in [1.29, 1.82) is 0 Å². The lowest BCUT2D eigenvalue weighted by Gasteiger charge is -2.11. The van der Waals surface area contributed by atoms with E-state index in [9.17, 15) is 4.39 Å². The van der Waals surface area contributed by atoms with Crippen LogP contribution in [0.15, 0.2) is 28.9 Å². The molecule has 1 heterocycles. The van der Waals surface area contributed by atoms with E-state index in [1.165, 1.54) is 0 Å². The Morgan fingerprint density at radius 3 is 3.00 bits per heavy atom. The molecule has 0 unspecified atom stereocenters. The van der Waals surface area contributed by atoms with Gasteiger partial charge in [0.2, 0.25) is 0 Å². The normalized spacial score (nSPS) is 22.3. The summed E-state index contributed by atoms with van der Waals surface area (Å²) in [4.78, 5) is 0. The molecule has 1 aliphatic rings. The van der Waals surface area contributed by atoms with Gasteiger partial charge in [-0.3, -0.25) is 0 Å². The van der Waals surface area contributed by atoms with Crippen LogP contribution in [0.2, 0.25) is 0 Å². The second kappa shape index (κ2) is 4.61. The number of rotatable bonds is 5. The molecular formula is C14H16FNO2. The van der Waals surface area contributed by atoms with E-state index in [1.54, 1.807) is 6.26 Å². The number of furan rings is 1. The fourth-order valence-corrected chi connectivity index (χ4v) is 2.56. The highest BCUT2D eigenvalue weighted by Gasteiger charge is 2.40. The first kappa shape index (κ1) is 11.5. The van der Waals surface area contributed by atoms with Crippen LogP contribution in [0.25, 0.3) is 11.0 Å². The summed E-state index contributed by atoms with van der Waals surface area (Å²) in [6.07, 6.45) is 2.75. The van der Waals surface area contributed by atoms with Gasteiger partial charge in [0.1, 0.15) is 24.6 Å². The van der Waals surface area contributed by atoms with Gasteiger partial charge in [0.05, 0.1) is 6.26 Å². The highest BCUT2D eigenvalue weighted by atomic mass is 19.1. The molecule has 3 nitrogen and oxygen atoms in total. The summed E-state index contributed by atoms with van der Waals surface area (Å²) in [7, 11) is 0. The summed E-state index contributed by atoms with van der Waals surface area (Å²) >= 11 is 0. The Morgan fingerprint density at radius 2 is 2.28 bits per heavy atom. The van der Waals surface area contributed by atoms with Gasteiger partial charge in [-0.1, -0.05) is 0 Å². The Bertz CT molecular complexity index is 552. The molecule has 2 N–H and O–H groups in total. The molecule has 1 aromatic carbocycles. The van der Waals surface area contributed by atoms with Gasteiger partial charge in [0, 0.05) is 10.9 Å². The summed E-state index contributed by atoms with van der Waals surface area (Å²) in [6, 6.07) is 5.67. The van der Waals surface area contributed by atoms with Crippen molar-refractivity contribution in [2.75, 3.05) is 19.8 Å². The number of halogens is 1. The smallest absolute Gasteiger partial charge is 0.134 e. The van der Waals surface area contributed by atoms with Gasteiger partial charge < -0.3 is 14.9 Å². The summed E-state index contributed by atoms with van der Waals surface area (Å²) in [5.74, 6) is 1.70. The first-order valence-electron chi connectivity index (χ1n) is 6.24. The third-order valence-electron chi connectivity index (χ3n) is 3.57. The lowest BCUT2D eigenvalue weighted by molar-refractivity contribution is 0.271. The lowest BCUT2D eigenvalue weighted by Crippen LogP contribution is -2.04. The fourth-order valence-electron chi connectivity index (χ4n) is 2.56. The number of hydrogen-bond donors (Lipinski definition) is 1. The minimum absolute atomic E-state index is 0.0936.